The molecule has 0 saturated carbocycles. The lowest BCUT2D eigenvalue weighted by atomic mass is 9.58. The molecule has 6 heteroatoms. The molecule has 0 bridgehead atoms. The quantitative estimate of drug-likeness (QED) is 0.657. The second kappa shape index (κ2) is 4.86. The van der Waals surface area contributed by atoms with E-state index < -0.39 is 23.0 Å². The van der Waals surface area contributed by atoms with Crippen LogP contribution >= 0.6 is 0 Å². The van der Waals surface area contributed by atoms with Crippen LogP contribution in [0.1, 0.15) is 0 Å². The van der Waals surface area contributed by atoms with E-state index in [4.69, 9.17) is 9.47 Å². The van der Waals surface area contributed by atoms with Crippen molar-refractivity contribution in [2.24, 2.45) is 10.8 Å². The van der Waals surface area contributed by atoms with Crippen LogP contribution in [0.25, 0.3) is 0 Å². The number of rotatable bonds is 2. The van der Waals surface area contributed by atoms with Crippen molar-refractivity contribution in [1.82, 2.24) is 0 Å². The molecule has 0 amide bonds. The first-order chi connectivity index (χ1) is 8.62. The van der Waals surface area contributed by atoms with Gasteiger partial charge in [0.25, 0.3) is 0 Å². The Morgan fingerprint density at radius 1 is 0.778 bits per heavy atom. The van der Waals surface area contributed by atoms with Gasteiger partial charge in [-0.25, -0.2) is 0 Å². The average molecular weight is 242 g/mol. The molecule has 1 rings (SSSR count). The summed E-state index contributed by atoms with van der Waals surface area (Å²) in [5.74, 6) is 0. The Labute approximate surface area is 105 Å². The summed E-state index contributed by atoms with van der Waals surface area (Å²) in [6.45, 7) is 0. The summed E-state index contributed by atoms with van der Waals surface area (Å²) >= 11 is 0. The van der Waals surface area contributed by atoms with Gasteiger partial charge >= 0.3 is 0 Å². The van der Waals surface area contributed by atoms with Gasteiger partial charge in [0.05, 0.1) is 24.3 Å². The van der Waals surface area contributed by atoms with Gasteiger partial charge in [0.2, 0.25) is 10.8 Å². The van der Waals surface area contributed by atoms with Gasteiger partial charge in [0.1, 0.15) is 12.2 Å². The molecule has 0 aromatic carbocycles. The van der Waals surface area contributed by atoms with Gasteiger partial charge in [-0.1, -0.05) is 12.2 Å². The predicted molar refractivity (Wildman–Crippen MR) is 58.1 cm³/mol. The van der Waals surface area contributed by atoms with E-state index in [-0.39, 0.29) is 0 Å². The van der Waals surface area contributed by atoms with Crippen LogP contribution in [0.4, 0.5) is 0 Å². The third kappa shape index (κ3) is 1.38. The molecule has 0 fully saturated rings. The summed E-state index contributed by atoms with van der Waals surface area (Å²) in [4.78, 5) is 0. The van der Waals surface area contributed by atoms with E-state index in [0.29, 0.717) is 0 Å². The Kier molecular flexibility index (Phi) is 3.70. The number of hydrogen-bond donors (Lipinski definition) is 0. The van der Waals surface area contributed by atoms with Crippen LogP contribution < -0.4 is 0 Å². The van der Waals surface area contributed by atoms with E-state index in [1.165, 1.54) is 26.4 Å². The maximum atomic E-state index is 9.31. The smallest absolute Gasteiger partial charge is 0.207 e. The molecule has 2 atom stereocenters. The summed E-state index contributed by atoms with van der Waals surface area (Å²) in [6.07, 6.45) is 1.01. The van der Waals surface area contributed by atoms with Crippen molar-refractivity contribution in [3.8, 4) is 24.3 Å². The lowest BCUT2D eigenvalue weighted by Gasteiger charge is -2.41. The van der Waals surface area contributed by atoms with Gasteiger partial charge in [-0.15, -0.1) is 0 Å². The summed E-state index contributed by atoms with van der Waals surface area (Å²) < 4.78 is 10.1. The van der Waals surface area contributed by atoms with Crippen LogP contribution in [0.2, 0.25) is 0 Å². The van der Waals surface area contributed by atoms with Gasteiger partial charge in [0.15, 0.2) is 0 Å². The SMILES string of the molecule is CO[C@H]1C=C[C@@H](OC)C(C#N)(C#N)C1(C#N)C#N. The Bertz CT molecular complexity index is 450. The van der Waals surface area contributed by atoms with E-state index >= 15 is 0 Å². The third-order valence-corrected chi connectivity index (χ3v) is 3.15. The second-order valence-electron chi connectivity index (χ2n) is 3.76. The van der Waals surface area contributed by atoms with Gasteiger partial charge < -0.3 is 9.47 Å². The molecular weight excluding hydrogens is 232 g/mol. The van der Waals surface area contributed by atoms with Crippen molar-refractivity contribution in [1.29, 1.82) is 21.0 Å². The summed E-state index contributed by atoms with van der Waals surface area (Å²) in [5, 5.41) is 37.2. The Morgan fingerprint density at radius 2 is 1.06 bits per heavy atom. The van der Waals surface area contributed by atoms with Crippen LogP contribution in [0.3, 0.4) is 0 Å². The van der Waals surface area contributed by atoms with Gasteiger partial charge in [-0.2, -0.15) is 21.0 Å². The largest absolute Gasteiger partial charge is 0.374 e. The standard InChI is InChI=1S/C12H10N4O2/c1-17-9-3-4-10(18-2)12(7-15,8-16)11(9,5-13)6-14/h3-4,9-10H,1-2H3/t9-,10+. The molecule has 6 nitrogen and oxygen atoms in total. The molecule has 90 valence electrons. The molecule has 0 unspecified atom stereocenters. The van der Waals surface area contributed by atoms with Gasteiger partial charge in [0, 0.05) is 14.2 Å². The van der Waals surface area contributed by atoms with Crippen LogP contribution in [0.5, 0.6) is 0 Å². The average Bonchev–Trinajstić information content (AvgIpc) is 2.44. The summed E-state index contributed by atoms with van der Waals surface area (Å²) in [7, 11) is 2.62. The highest BCUT2D eigenvalue weighted by molar-refractivity contribution is 5.44. The first-order valence-electron chi connectivity index (χ1n) is 5.01. The molecule has 0 heterocycles. The number of nitrogens with zero attached hydrogens (tertiary/aromatic N) is 4. The Balaban J connectivity index is 3.65. The zero-order valence-corrected chi connectivity index (χ0v) is 9.91. The molecular formula is C12H10N4O2. The number of ether oxygens (including phenoxy) is 2. The van der Waals surface area contributed by atoms with Crippen molar-refractivity contribution in [3.63, 3.8) is 0 Å². The molecule has 18 heavy (non-hydrogen) atoms. The Morgan fingerprint density at radius 3 is 1.22 bits per heavy atom. The fourth-order valence-corrected chi connectivity index (χ4v) is 2.11. The molecule has 0 spiro atoms. The van der Waals surface area contributed by atoms with E-state index in [2.05, 4.69) is 0 Å². The molecule has 0 saturated heterocycles. The lowest BCUT2D eigenvalue weighted by molar-refractivity contribution is -0.0276. The van der Waals surface area contributed by atoms with Gasteiger partial charge in [-0.3, -0.25) is 0 Å². The molecule has 0 N–H and O–H groups in total. The minimum Gasteiger partial charge on any atom is -0.374 e. The minimum absolute atomic E-state index is 0.960. The summed E-state index contributed by atoms with van der Waals surface area (Å²) in [5.41, 5.74) is -3.86. The van der Waals surface area contributed by atoms with Crippen molar-refractivity contribution >= 4 is 0 Å². The van der Waals surface area contributed by atoms with E-state index in [0.717, 1.165) is 0 Å². The second-order valence-corrected chi connectivity index (χ2v) is 3.76. The van der Waals surface area contributed by atoms with Crippen molar-refractivity contribution in [2.75, 3.05) is 14.2 Å². The monoisotopic (exact) mass is 242 g/mol. The molecule has 0 aromatic heterocycles. The lowest BCUT2D eigenvalue weighted by Crippen LogP contribution is -2.55. The molecule has 1 aliphatic rings. The molecule has 0 aromatic rings. The maximum absolute atomic E-state index is 9.31. The van der Waals surface area contributed by atoms with E-state index in [1.54, 1.807) is 24.3 Å². The zero-order valence-electron chi connectivity index (χ0n) is 9.91. The summed E-state index contributed by atoms with van der Waals surface area (Å²) in [6, 6.07) is 7.05. The van der Waals surface area contributed by atoms with Crippen LogP contribution in [-0.2, 0) is 9.47 Å². The van der Waals surface area contributed by atoms with Crippen molar-refractivity contribution in [2.45, 2.75) is 12.2 Å². The molecule has 1 aliphatic carbocycles. The fraction of sp³-hybridized carbons (Fsp3) is 0.500. The highest BCUT2D eigenvalue weighted by atomic mass is 16.5. The third-order valence-electron chi connectivity index (χ3n) is 3.15. The van der Waals surface area contributed by atoms with Crippen molar-refractivity contribution < 1.29 is 9.47 Å². The highest BCUT2D eigenvalue weighted by Gasteiger charge is 2.65. The first kappa shape index (κ1) is 13.7. The first-order valence-corrected chi connectivity index (χ1v) is 5.01. The zero-order chi connectivity index (χ0) is 13.8. The normalized spacial score (nSPS) is 27.2. The van der Waals surface area contributed by atoms with E-state index in [1.807, 2.05) is 0 Å². The van der Waals surface area contributed by atoms with Crippen LogP contribution in [0, 0.1) is 56.2 Å². The fourth-order valence-electron chi connectivity index (χ4n) is 2.11. The van der Waals surface area contributed by atoms with E-state index in [9.17, 15) is 21.0 Å². The van der Waals surface area contributed by atoms with Crippen LogP contribution in [0.15, 0.2) is 12.2 Å². The molecule has 0 radical (unpaired) electrons. The molecule has 0 aliphatic heterocycles. The number of hydrogen-bond acceptors (Lipinski definition) is 6. The van der Waals surface area contributed by atoms with Gasteiger partial charge in [-0.05, 0) is 0 Å². The predicted octanol–water partition coefficient (Wildman–Crippen LogP) is 0.653. The number of methoxy groups -OCH3 is 2. The van der Waals surface area contributed by atoms with Crippen LogP contribution in [-0.4, -0.2) is 26.4 Å². The minimum atomic E-state index is -1.93. The Hall–Kier alpha value is -2.38. The number of nitriles is 4. The van der Waals surface area contributed by atoms with Crippen molar-refractivity contribution in [3.05, 3.63) is 12.2 Å². The maximum Gasteiger partial charge on any atom is 0.207 e. The highest BCUT2D eigenvalue weighted by Crippen LogP contribution is 2.49. The topological polar surface area (TPSA) is 114 Å².